The second-order valence-corrected chi connectivity index (χ2v) is 6.72. The van der Waals surface area contributed by atoms with Crippen LogP contribution in [-0.2, 0) is 6.54 Å². The average Bonchev–Trinajstić information content (AvgIpc) is 2.79. The van der Waals surface area contributed by atoms with Gasteiger partial charge in [-0.3, -0.25) is 0 Å². The molecule has 2 nitrogen and oxygen atoms in total. The number of imidazole rings is 1. The molecule has 0 saturated heterocycles. The third-order valence-electron chi connectivity index (χ3n) is 3.59. The molecule has 3 heteroatoms. The van der Waals surface area contributed by atoms with Crippen LogP contribution in [0, 0.1) is 12.2 Å². The van der Waals surface area contributed by atoms with E-state index in [9.17, 15) is 0 Å². The fourth-order valence-corrected chi connectivity index (χ4v) is 3.87. The zero-order valence-corrected chi connectivity index (χ0v) is 12.4. The first-order chi connectivity index (χ1) is 9.74. The van der Waals surface area contributed by atoms with E-state index in [4.69, 9.17) is 0 Å². The van der Waals surface area contributed by atoms with Gasteiger partial charge in [-0.25, -0.2) is 0 Å². The Bertz CT molecular complexity index is 802. The Morgan fingerprint density at radius 2 is 1.90 bits per heavy atom. The summed E-state index contributed by atoms with van der Waals surface area (Å²) >= 11 is 1.85. The fourth-order valence-electron chi connectivity index (χ4n) is 2.79. The van der Waals surface area contributed by atoms with Gasteiger partial charge >= 0.3 is 0 Å². The SMILES string of the molecule is CC(C)Cn1[c-][n+]2c3c(cccc31)Sc1ccccc1-2. The van der Waals surface area contributed by atoms with Crippen molar-refractivity contribution in [3.8, 4) is 5.69 Å². The molecule has 0 atom stereocenters. The summed E-state index contributed by atoms with van der Waals surface area (Å²) in [7, 11) is 0. The van der Waals surface area contributed by atoms with Crippen molar-refractivity contribution >= 4 is 22.8 Å². The van der Waals surface area contributed by atoms with Crippen LogP contribution >= 0.6 is 11.8 Å². The number of rotatable bonds is 2. The van der Waals surface area contributed by atoms with Crippen molar-refractivity contribution in [2.75, 3.05) is 0 Å². The molecule has 1 aromatic heterocycles. The van der Waals surface area contributed by atoms with Crippen LogP contribution in [0.4, 0.5) is 0 Å². The maximum atomic E-state index is 3.54. The highest BCUT2D eigenvalue weighted by Gasteiger charge is 2.20. The second-order valence-electron chi connectivity index (χ2n) is 5.63. The van der Waals surface area contributed by atoms with Crippen molar-refractivity contribution < 1.29 is 4.57 Å². The zero-order valence-electron chi connectivity index (χ0n) is 11.6. The van der Waals surface area contributed by atoms with E-state index >= 15 is 0 Å². The van der Waals surface area contributed by atoms with E-state index in [0.29, 0.717) is 5.92 Å². The van der Waals surface area contributed by atoms with Crippen molar-refractivity contribution in [2.45, 2.75) is 30.2 Å². The predicted octanol–water partition coefficient (Wildman–Crippen LogP) is 3.84. The van der Waals surface area contributed by atoms with Gasteiger partial charge in [-0.05, 0) is 5.92 Å². The fraction of sp³-hybridized carbons (Fsp3) is 0.235. The van der Waals surface area contributed by atoms with Crippen molar-refractivity contribution in [3.63, 3.8) is 0 Å². The Morgan fingerprint density at radius 3 is 2.75 bits per heavy atom. The number of hydrogen-bond donors (Lipinski definition) is 0. The molecule has 0 N–H and O–H groups in total. The van der Waals surface area contributed by atoms with Crippen LogP contribution in [0.25, 0.3) is 16.7 Å². The van der Waals surface area contributed by atoms with E-state index in [1.54, 1.807) is 0 Å². The Morgan fingerprint density at radius 1 is 1.10 bits per heavy atom. The van der Waals surface area contributed by atoms with Crippen LogP contribution in [0.3, 0.4) is 0 Å². The summed E-state index contributed by atoms with van der Waals surface area (Å²) in [6.45, 7) is 5.49. The van der Waals surface area contributed by atoms with Gasteiger partial charge in [-0.2, -0.15) is 0 Å². The van der Waals surface area contributed by atoms with Gasteiger partial charge in [0.1, 0.15) is 0 Å². The summed E-state index contributed by atoms with van der Waals surface area (Å²) in [5.41, 5.74) is 3.80. The van der Waals surface area contributed by atoms with Crippen LogP contribution in [-0.4, -0.2) is 4.57 Å². The van der Waals surface area contributed by atoms with Gasteiger partial charge in [0.15, 0.2) is 0 Å². The lowest BCUT2D eigenvalue weighted by Crippen LogP contribution is -2.32. The first kappa shape index (κ1) is 12.0. The number of para-hydroxylation sites is 2. The van der Waals surface area contributed by atoms with Crippen molar-refractivity contribution in [1.82, 2.24) is 4.57 Å². The Kier molecular flexibility index (Phi) is 2.64. The summed E-state index contributed by atoms with van der Waals surface area (Å²) in [5, 5.41) is 0. The molecule has 2 heterocycles. The van der Waals surface area contributed by atoms with Crippen molar-refractivity contribution in [2.24, 2.45) is 5.92 Å². The molecule has 2 aromatic carbocycles. The molecule has 20 heavy (non-hydrogen) atoms. The molecule has 0 amide bonds. The first-order valence-electron chi connectivity index (χ1n) is 6.98. The van der Waals surface area contributed by atoms with Crippen LogP contribution < -0.4 is 4.57 Å². The van der Waals surface area contributed by atoms with Crippen molar-refractivity contribution in [1.29, 1.82) is 0 Å². The minimum atomic E-state index is 0.614. The predicted molar refractivity (Wildman–Crippen MR) is 81.3 cm³/mol. The summed E-state index contributed by atoms with van der Waals surface area (Å²) in [6, 6.07) is 15.1. The van der Waals surface area contributed by atoms with Crippen LogP contribution in [0.5, 0.6) is 0 Å². The summed E-state index contributed by atoms with van der Waals surface area (Å²) in [6.07, 6.45) is 3.54. The maximum absolute atomic E-state index is 3.54. The summed E-state index contributed by atoms with van der Waals surface area (Å²) < 4.78 is 4.48. The first-order valence-corrected chi connectivity index (χ1v) is 7.79. The van der Waals surface area contributed by atoms with Crippen LogP contribution in [0.1, 0.15) is 13.8 Å². The standard InChI is InChI=1S/C17H16N2S/c1-12(2)10-18-11-19-13-6-3-4-8-15(13)20-16-9-5-7-14(18)17(16)19/h3-9,12H,10H2,1-2H3. The van der Waals surface area contributed by atoms with Gasteiger partial charge in [0, 0.05) is 9.79 Å². The third kappa shape index (κ3) is 1.70. The molecular formula is C17H16N2S. The minimum absolute atomic E-state index is 0.614. The van der Waals surface area contributed by atoms with Crippen LogP contribution in [0.2, 0.25) is 0 Å². The highest BCUT2D eigenvalue weighted by Crippen LogP contribution is 2.38. The molecule has 3 aromatic rings. The zero-order chi connectivity index (χ0) is 13.7. The molecule has 1 aliphatic rings. The van der Waals surface area contributed by atoms with E-state index in [0.717, 1.165) is 6.54 Å². The van der Waals surface area contributed by atoms with E-state index in [1.165, 1.54) is 26.5 Å². The normalized spacial score (nSPS) is 12.9. The monoisotopic (exact) mass is 280 g/mol. The average molecular weight is 280 g/mol. The molecule has 0 spiro atoms. The van der Waals surface area contributed by atoms with E-state index < -0.39 is 0 Å². The van der Waals surface area contributed by atoms with E-state index in [2.05, 4.69) is 71.8 Å². The summed E-state index contributed by atoms with van der Waals surface area (Å²) in [4.78, 5) is 2.62. The molecule has 0 bridgehead atoms. The molecule has 4 rings (SSSR count). The molecule has 0 saturated carbocycles. The Hall–Kier alpha value is -1.74. The molecule has 0 radical (unpaired) electrons. The highest BCUT2D eigenvalue weighted by atomic mass is 32.2. The lowest BCUT2D eigenvalue weighted by Gasteiger charge is -2.18. The Balaban J connectivity index is 2.04. The van der Waals surface area contributed by atoms with Crippen LogP contribution in [0.15, 0.2) is 52.3 Å². The number of aromatic nitrogens is 2. The summed E-state index contributed by atoms with van der Waals surface area (Å²) in [5.74, 6) is 0.614. The number of fused-ring (bicyclic) bond motifs is 2. The number of benzene rings is 2. The van der Waals surface area contributed by atoms with Crippen molar-refractivity contribution in [3.05, 3.63) is 48.8 Å². The smallest absolute Gasteiger partial charge is 0.244 e. The van der Waals surface area contributed by atoms with Gasteiger partial charge in [-0.1, -0.05) is 56.3 Å². The van der Waals surface area contributed by atoms with Gasteiger partial charge < -0.3 is 9.13 Å². The van der Waals surface area contributed by atoms with Gasteiger partial charge in [0.05, 0.1) is 23.3 Å². The highest BCUT2D eigenvalue weighted by molar-refractivity contribution is 7.99. The lowest BCUT2D eigenvalue weighted by molar-refractivity contribution is -0.577. The van der Waals surface area contributed by atoms with E-state index in [-0.39, 0.29) is 0 Å². The molecule has 0 fully saturated rings. The Labute approximate surface area is 123 Å². The van der Waals surface area contributed by atoms with Gasteiger partial charge in [0.2, 0.25) is 6.33 Å². The third-order valence-corrected chi connectivity index (χ3v) is 4.70. The second kappa shape index (κ2) is 4.38. The molecule has 0 unspecified atom stereocenters. The van der Waals surface area contributed by atoms with Gasteiger partial charge in [-0.15, -0.1) is 11.8 Å². The number of nitrogens with zero attached hydrogens (tertiary/aromatic N) is 2. The minimum Gasteiger partial charge on any atom is -0.317 e. The molecular weight excluding hydrogens is 264 g/mol. The topological polar surface area (TPSA) is 8.81 Å². The lowest BCUT2D eigenvalue weighted by atomic mass is 10.2. The maximum Gasteiger partial charge on any atom is 0.244 e. The molecule has 100 valence electrons. The molecule has 0 aliphatic carbocycles. The number of hydrogen-bond acceptors (Lipinski definition) is 1. The van der Waals surface area contributed by atoms with Gasteiger partial charge in [0.25, 0.3) is 0 Å². The van der Waals surface area contributed by atoms with E-state index in [1.807, 2.05) is 11.8 Å². The quantitative estimate of drug-likeness (QED) is 0.400. The molecule has 1 aliphatic heterocycles. The largest absolute Gasteiger partial charge is 0.317 e.